The number of esters is 1. The quantitative estimate of drug-likeness (QED) is 0.761. The van der Waals surface area contributed by atoms with Crippen LogP contribution in [-0.4, -0.2) is 27.8 Å². The van der Waals surface area contributed by atoms with E-state index in [1.807, 2.05) is 37.4 Å². The summed E-state index contributed by atoms with van der Waals surface area (Å²) in [5.74, 6) is -0.127. The molecule has 4 nitrogen and oxygen atoms in total. The Morgan fingerprint density at radius 2 is 2.07 bits per heavy atom. The maximum atomic E-state index is 12.2. The van der Waals surface area contributed by atoms with E-state index in [1.165, 1.54) is 11.1 Å². The van der Waals surface area contributed by atoms with Gasteiger partial charge in [-0.3, -0.25) is 4.98 Å². The SMILES string of the molecule is CCC1CCC2(O)C(=O)OC(C)C2C1/C=C/c1ccc(-c2ccccc2C)cn1. The zero-order valence-electron chi connectivity index (χ0n) is 17.3. The number of nitrogens with zero attached hydrogens (tertiary/aromatic N) is 1. The van der Waals surface area contributed by atoms with Crippen LogP contribution < -0.4 is 0 Å². The molecule has 2 heterocycles. The molecule has 1 aromatic carbocycles. The van der Waals surface area contributed by atoms with E-state index in [2.05, 4.69) is 43.1 Å². The number of hydrogen-bond donors (Lipinski definition) is 1. The molecule has 1 N–H and O–H groups in total. The van der Waals surface area contributed by atoms with E-state index in [0.29, 0.717) is 12.3 Å². The van der Waals surface area contributed by atoms with Gasteiger partial charge in [0.25, 0.3) is 0 Å². The first-order chi connectivity index (χ1) is 13.9. The van der Waals surface area contributed by atoms with Crippen LogP contribution in [0.5, 0.6) is 0 Å². The van der Waals surface area contributed by atoms with E-state index in [4.69, 9.17) is 4.74 Å². The Morgan fingerprint density at radius 1 is 1.28 bits per heavy atom. The maximum absolute atomic E-state index is 12.2. The molecule has 152 valence electrons. The van der Waals surface area contributed by atoms with Crippen molar-refractivity contribution in [2.45, 2.75) is 51.7 Å². The maximum Gasteiger partial charge on any atom is 0.338 e. The highest BCUT2D eigenvalue weighted by atomic mass is 16.6. The lowest BCUT2D eigenvalue weighted by Crippen LogP contribution is -2.50. The van der Waals surface area contributed by atoms with Crippen molar-refractivity contribution >= 4 is 12.0 Å². The topological polar surface area (TPSA) is 59.4 Å². The Labute approximate surface area is 172 Å². The van der Waals surface area contributed by atoms with Crippen LogP contribution >= 0.6 is 0 Å². The molecule has 5 unspecified atom stereocenters. The minimum Gasteiger partial charge on any atom is -0.460 e. The number of rotatable bonds is 4. The number of cyclic esters (lactones) is 1. The van der Waals surface area contributed by atoms with Crippen molar-refractivity contribution in [3.63, 3.8) is 0 Å². The normalized spacial score (nSPS) is 31.7. The van der Waals surface area contributed by atoms with Crippen molar-refractivity contribution in [3.05, 3.63) is 59.9 Å². The number of ether oxygens (including phenoxy) is 1. The molecular formula is C25H29NO3. The molecule has 2 aliphatic rings. The van der Waals surface area contributed by atoms with E-state index >= 15 is 0 Å². The van der Waals surface area contributed by atoms with Gasteiger partial charge in [0.1, 0.15) is 6.10 Å². The average molecular weight is 392 g/mol. The summed E-state index contributed by atoms with van der Waals surface area (Å²) in [5.41, 5.74) is 3.05. The summed E-state index contributed by atoms with van der Waals surface area (Å²) in [6.45, 7) is 6.17. The molecule has 1 aromatic heterocycles. The van der Waals surface area contributed by atoms with Crippen molar-refractivity contribution in [3.8, 4) is 11.1 Å². The smallest absolute Gasteiger partial charge is 0.338 e. The van der Waals surface area contributed by atoms with Crippen molar-refractivity contribution in [1.29, 1.82) is 0 Å². The Kier molecular flexibility index (Phi) is 5.30. The summed E-state index contributed by atoms with van der Waals surface area (Å²) in [7, 11) is 0. The first-order valence-corrected chi connectivity index (χ1v) is 10.6. The fourth-order valence-electron chi connectivity index (χ4n) is 5.18. The average Bonchev–Trinajstić information content (AvgIpc) is 2.95. The summed E-state index contributed by atoms with van der Waals surface area (Å²) in [4.78, 5) is 16.9. The fraction of sp³-hybridized carbons (Fsp3) is 0.440. The summed E-state index contributed by atoms with van der Waals surface area (Å²) >= 11 is 0. The van der Waals surface area contributed by atoms with Gasteiger partial charge in [0.2, 0.25) is 0 Å². The van der Waals surface area contributed by atoms with Crippen molar-refractivity contribution in [2.24, 2.45) is 17.8 Å². The van der Waals surface area contributed by atoms with Gasteiger partial charge in [-0.25, -0.2) is 4.79 Å². The number of pyridine rings is 1. The second-order valence-corrected chi connectivity index (χ2v) is 8.49. The van der Waals surface area contributed by atoms with Gasteiger partial charge < -0.3 is 9.84 Å². The van der Waals surface area contributed by atoms with Crippen molar-refractivity contribution in [1.82, 2.24) is 4.98 Å². The first kappa shape index (κ1) is 19.8. The summed E-state index contributed by atoms with van der Waals surface area (Å²) in [6.07, 6.45) is 8.14. The molecule has 0 spiro atoms. The number of aromatic nitrogens is 1. The van der Waals surface area contributed by atoms with Gasteiger partial charge in [-0.1, -0.05) is 49.8 Å². The summed E-state index contributed by atoms with van der Waals surface area (Å²) < 4.78 is 5.42. The largest absolute Gasteiger partial charge is 0.460 e. The number of carbonyl (C=O) groups is 1. The van der Waals surface area contributed by atoms with E-state index in [9.17, 15) is 9.90 Å². The lowest BCUT2D eigenvalue weighted by Gasteiger charge is -2.41. The molecule has 4 heteroatoms. The molecule has 1 saturated heterocycles. The predicted molar refractivity (Wildman–Crippen MR) is 114 cm³/mol. The molecule has 1 aliphatic heterocycles. The molecular weight excluding hydrogens is 362 g/mol. The molecule has 5 atom stereocenters. The van der Waals surface area contributed by atoms with Gasteiger partial charge >= 0.3 is 5.97 Å². The van der Waals surface area contributed by atoms with Gasteiger partial charge in [-0.2, -0.15) is 0 Å². The fourth-order valence-corrected chi connectivity index (χ4v) is 5.18. The van der Waals surface area contributed by atoms with Crippen LogP contribution in [0.2, 0.25) is 0 Å². The van der Waals surface area contributed by atoms with Gasteiger partial charge in [-0.05, 0) is 61.8 Å². The van der Waals surface area contributed by atoms with E-state index in [0.717, 1.165) is 24.1 Å². The summed E-state index contributed by atoms with van der Waals surface area (Å²) in [6, 6.07) is 12.4. The summed E-state index contributed by atoms with van der Waals surface area (Å²) in [5, 5.41) is 11.0. The van der Waals surface area contributed by atoms with Gasteiger partial charge in [-0.15, -0.1) is 0 Å². The Hall–Kier alpha value is -2.46. The Balaban J connectivity index is 1.58. The van der Waals surface area contributed by atoms with Crippen LogP contribution in [0, 0.1) is 24.7 Å². The molecule has 0 radical (unpaired) electrons. The molecule has 2 aromatic rings. The van der Waals surface area contributed by atoms with E-state index < -0.39 is 11.6 Å². The third kappa shape index (κ3) is 3.51. The highest BCUT2D eigenvalue weighted by Crippen LogP contribution is 2.50. The van der Waals surface area contributed by atoms with Crippen LogP contribution in [0.15, 0.2) is 48.7 Å². The minimum atomic E-state index is -1.35. The monoisotopic (exact) mass is 391 g/mol. The number of aliphatic hydroxyl groups is 1. The van der Waals surface area contributed by atoms with Gasteiger partial charge in [0, 0.05) is 17.7 Å². The molecule has 0 amide bonds. The lowest BCUT2D eigenvalue weighted by molar-refractivity contribution is -0.158. The standard InChI is InChI=1S/C25H29NO3/c1-4-18-13-14-25(28)23(17(3)29-24(25)27)22(18)12-11-20-10-9-19(15-26-20)21-8-6-5-7-16(21)2/h5-12,15,17-18,22-23,28H,4,13-14H2,1-3H3/b12-11+. The number of carbonyl (C=O) groups excluding carboxylic acids is 1. The van der Waals surface area contributed by atoms with Crippen molar-refractivity contribution < 1.29 is 14.6 Å². The van der Waals surface area contributed by atoms with Crippen LogP contribution in [0.25, 0.3) is 17.2 Å². The molecule has 29 heavy (non-hydrogen) atoms. The number of benzene rings is 1. The number of fused-ring (bicyclic) bond motifs is 1. The third-order valence-electron chi connectivity index (χ3n) is 6.81. The van der Waals surface area contributed by atoms with Crippen LogP contribution in [0.3, 0.4) is 0 Å². The molecule has 2 fully saturated rings. The zero-order chi connectivity index (χ0) is 20.6. The van der Waals surface area contributed by atoms with E-state index in [-0.39, 0.29) is 17.9 Å². The number of aryl methyl sites for hydroxylation is 1. The van der Waals surface area contributed by atoms with E-state index in [1.54, 1.807) is 0 Å². The molecule has 1 aliphatic carbocycles. The van der Waals surface area contributed by atoms with Gasteiger partial charge in [0.15, 0.2) is 5.60 Å². The Bertz CT molecular complexity index is 920. The van der Waals surface area contributed by atoms with Crippen molar-refractivity contribution in [2.75, 3.05) is 0 Å². The zero-order valence-corrected chi connectivity index (χ0v) is 17.3. The Morgan fingerprint density at radius 3 is 2.76 bits per heavy atom. The third-order valence-corrected chi connectivity index (χ3v) is 6.81. The number of hydrogen-bond acceptors (Lipinski definition) is 4. The minimum absolute atomic E-state index is 0.0954. The van der Waals surface area contributed by atoms with Crippen LogP contribution in [0.1, 0.15) is 44.4 Å². The molecule has 1 saturated carbocycles. The second-order valence-electron chi connectivity index (χ2n) is 8.49. The lowest BCUT2D eigenvalue weighted by atomic mass is 9.62. The highest BCUT2D eigenvalue weighted by molar-refractivity contribution is 5.82. The molecule has 4 rings (SSSR count). The predicted octanol–water partition coefficient (Wildman–Crippen LogP) is 4.80. The van der Waals surface area contributed by atoms with Crippen LogP contribution in [-0.2, 0) is 9.53 Å². The van der Waals surface area contributed by atoms with Gasteiger partial charge in [0.05, 0.1) is 5.69 Å². The molecule has 0 bridgehead atoms. The highest BCUT2D eigenvalue weighted by Gasteiger charge is 2.60. The first-order valence-electron chi connectivity index (χ1n) is 10.6. The second kappa shape index (κ2) is 7.75. The number of allylic oxidation sites excluding steroid dienone is 1. The van der Waals surface area contributed by atoms with Crippen LogP contribution in [0.4, 0.5) is 0 Å².